The highest BCUT2D eigenvalue weighted by molar-refractivity contribution is 5.76. The van der Waals surface area contributed by atoms with Crippen molar-refractivity contribution in [1.82, 2.24) is 4.90 Å². The van der Waals surface area contributed by atoms with Crippen molar-refractivity contribution in [2.24, 2.45) is 11.8 Å². The van der Waals surface area contributed by atoms with Gasteiger partial charge >= 0.3 is 0 Å². The molecule has 0 spiro atoms. The van der Waals surface area contributed by atoms with Crippen LogP contribution in [-0.2, 0) is 4.79 Å². The van der Waals surface area contributed by atoms with E-state index < -0.39 is 0 Å². The van der Waals surface area contributed by atoms with E-state index in [1.165, 1.54) is 19.3 Å². The fraction of sp³-hybridized carbons (Fsp3) is 0.923. The largest absolute Gasteiger partial charge is 0.342 e. The van der Waals surface area contributed by atoms with Crippen molar-refractivity contribution in [1.29, 1.82) is 0 Å². The van der Waals surface area contributed by atoms with Crippen LogP contribution in [0.3, 0.4) is 0 Å². The van der Waals surface area contributed by atoms with Gasteiger partial charge in [-0.15, -0.1) is 0 Å². The van der Waals surface area contributed by atoms with E-state index in [2.05, 4.69) is 25.7 Å². The van der Waals surface area contributed by atoms with Gasteiger partial charge in [0.2, 0.25) is 5.91 Å². The number of hydrogen-bond acceptors (Lipinski definition) is 1. The predicted octanol–water partition coefficient (Wildman–Crippen LogP) is 3.07. The highest BCUT2D eigenvalue weighted by Crippen LogP contribution is 2.23. The highest BCUT2D eigenvalue weighted by Gasteiger charge is 2.25. The third kappa shape index (κ3) is 4.23. The second-order valence-electron chi connectivity index (χ2n) is 5.24. The Labute approximate surface area is 94.0 Å². The molecule has 0 aromatic rings. The molecule has 0 N–H and O–H groups in total. The number of nitrogens with zero attached hydrogens (tertiary/aromatic N) is 1. The number of carbonyl (C=O) groups excluding carboxylic acids is 1. The van der Waals surface area contributed by atoms with Crippen LogP contribution in [-0.4, -0.2) is 23.9 Å². The number of hydrogen-bond donors (Lipinski definition) is 0. The topological polar surface area (TPSA) is 20.3 Å². The minimum atomic E-state index is 0.372. The first-order valence-electron chi connectivity index (χ1n) is 6.41. The standard InChI is InChI=1S/C13H25NO/c1-4-5-6-12-7-8-13(15)14(10-12)9-11(2)3/h11-12H,4-10H2,1-3H3. The van der Waals surface area contributed by atoms with Gasteiger partial charge in [0.25, 0.3) is 0 Å². The average molecular weight is 211 g/mol. The molecule has 1 heterocycles. The first-order valence-corrected chi connectivity index (χ1v) is 6.41. The van der Waals surface area contributed by atoms with Gasteiger partial charge in [0, 0.05) is 19.5 Å². The van der Waals surface area contributed by atoms with Crippen molar-refractivity contribution in [3.05, 3.63) is 0 Å². The number of amides is 1. The Morgan fingerprint density at radius 2 is 2.20 bits per heavy atom. The van der Waals surface area contributed by atoms with Crippen molar-refractivity contribution in [2.45, 2.75) is 52.9 Å². The van der Waals surface area contributed by atoms with Crippen LogP contribution in [0.5, 0.6) is 0 Å². The lowest BCUT2D eigenvalue weighted by Gasteiger charge is -2.33. The van der Waals surface area contributed by atoms with Gasteiger partial charge in [0.05, 0.1) is 0 Å². The molecule has 88 valence electrons. The molecule has 0 aliphatic carbocycles. The number of unbranched alkanes of at least 4 members (excludes halogenated alkanes) is 1. The number of likely N-dealkylation sites (tertiary alicyclic amines) is 1. The van der Waals surface area contributed by atoms with Gasteiger partial charge in [-0.1, -0.05) is 33.6 Å². The van der Waals surface area contributed by atoms with Crippen molar-refractivity contribution < 1.29 is 4.79 Å². The zero-order chi connectivity index (χ0) is 11.3. The summed E-state index contributed by atoms with van der Waals surface area (Å²) in [5.74, 6) is 1.73. The number of carbonyl (C=O) groups is 1. The van der Waals surface area contributed by atoms with Crippen LogP contribution < -0.4 is 0 Å². The van der Waals surface area contributed by atoms with Crippen LogP contribution >= 0.6 is 0 Å². The van der Waals surface area contributed by atoms with Crippen LogP contribution in [0.2, 0.25) is 0 Å². The maximum Gasteiger partial charge on any atom is 0.222 e. The zero-order valence-electron chi connectivity index (χ0n) is 10.5. The summed E-state index contributed by atoms with van der Waals surface area (Å²) in [6.07, 6.45) is 5.79. The van der Waals surface area contributed by atoms with Crippen LogP contribution in [0.1, 0.15) is 52.9 Å². The lowest BCUT2D eigenvalue weighted by Crippen LogP contribution is -2.41. The summed E-state index contributed by atoms with van der Waals surface area (Å²) < 4.78 is 0. The molecule has 1 atom stereocenters. The van der Waals surface area contributed by atoms with Gasteiger partial charge in [0.15, 0.2) is 0 Å². The first kappa shape index (κ1) is 12.5. The van der Waals surface area contributed by atoms with Gasteiger partial charge in [0.1, 0.15) is 0 Å². The Morgan fingerprint density at radius 3 is 2.80 bits per heavy atom. The minimum absolute atomic E-state index is 0.372. The van der Waals surface area contributed by atoms with E-state index in [0.29, 0.717) is 11.8 Å². The molecule has 0 saturated carbocycles. The molecule has 15 heavy (non-hydrogen) atoms. The summed E-state index contributed by atoms with van der Waals surface area (Å²) in [5.41, 5.74) is 0. The molecule has 1 unspecified atom stereocenters. The summed E-state index contributed by atoms with van der Waals surface area (Å²) >= 11 is 0. The molecule has 1 aliphatic heterocycles. The van der Waals surface area contributed by atoms with Crippen molar-refractivity contribution in [3.63, 3.8) is 0 Å². The maximum atomic E-state index is 11.7. The summed E-state index contributed by atoms with van der Waals surface area (Å²) in [6, 6.07) is 0. The highest BCUT2D eigenvalue weighted by atomic mass is 16.2. The van der Waals surface area contributed by atoms with Crippen molar-refractivity contribution in [3.8, 4) is 0 Å². The van der Waals surface area contributed by atoms with Crippen molar-refractivity contribution >= 4 is 5.91 Å². The molecule has 1 amide bonds. The Kier molecular flexibility index (Phi) is 5.13. The van der Waals surface area contributed by atoms with Gasteiger partial charge in [-0.2, -0.15) is 0 Å². The first-order chi connectivity index (χ1) is 7.13. The minimum Gasteiger partial charge on any atom is -0.342 e. The smallest absolute Gasteiger partial charge is 0.222 e. The molecule has 1 aliphatic rings. The molecular weight excluding hydrogens is 186 g/mol. The van der Waals surface area contributed by atoms with E-state index in [0.717, 1.165) is 31.8 Å². The normalized spacial score (nSPS) is 22.5. The molecule has 0 radical (unpaired) electrons. The molecule has 2 nitrogen and oxygen atoms in total. The Hall–Kier alpha value is -0.530. The predicted molar refractivity (Wildman–Crippen MR) is 63.7 cm³/mol. The summed E-state index contributed by atoms with van der Waals surface area (Å²) in [6.45, 7) is 8.56. The Morgan fingerprint density at radius 1 is 1.47 bits per heavy atom. The SMILES string of the molecule is CCCCC1CCC(=O)N(CC(C)C)C1. The van der Waals surface area contributed by atoms with Crippen LogP contribution in [0, 0.1) is 11.8 Å². The van der Waals surface area contributed by atoms with Crippen LogP contribution in [0.25, 0.3) is 0 Å². The molecule has 1 fully saturated rings. The third-order valence-corrected chi connectivity index (χ3v) is 3.15. The maximum absolute atomic E-state index is 11.7. The van der Waals surface area contributed by atoms with E-state index in [-0.39, 0.29) is 0 Å². The molecule has 0 aromatic heterocycles. The molecule has 0 aromatic carbocycles. The molecule has 0 bridgehead atoms. The second kappa shape index (κ2) is 6.14. The van der Waals surface area contributed by atoms with E-state index in [4.69, 9.17) is 0 Å². The zero-order valence-corrected chi connectivity index (χ0v) is 10.5. The van der Waals surface area contributed by atoms with E-state index in [1.54, 1.807) is 0 Å². The molecule has 2 heteroatoms. The average Bonchev–Trinajstić information content (AvgIpc) is 2.18. The second-order valence-corrected chi connectivity index (χ2v) is 5.24. The quantitative estimate of drug-likeness (QED) is 0.684. The van der Waals surface area contributed by atoms with Gasteiger partial charge in [-0.25, -0.2) is 0 Å². The molecule has 1 rings (SSSR count). The van der Waals surface area contributed by atoms with Gasteiger partial charge in [-0.05, 0) is 24.7 Å². The Bertz CT molecular complexity index is 201. The fourth-order valence-corrected chi connectivity index (χ4v) is 2.34. The summed E-state index contributed by atoms with van der Waals surface area (Å²) in [4.78, 5) is 13.8. The van der Waals surface area contributed by atoms with Gasteiger partial charge in [-0.3, -0.25) is 4.79 Å². The summed E-state index contributed by atoms with van der Waals surface area (Å²) in [7, 11) is 0. The van der Waals surface area contributed by atoms with Crippen LogP contribution in [0.4, 0.5) is 0 Å². The Balaban J connectivity index is 2.37. The summed E-state index contributed by atoms with van der Waals surface area (Å²) in [5, 5.41) is 0. The number of piperidine rings is 1. The van der Waals surface area contributed by atoms with E-state index in [1.807, 2.05) is 0 Å². The monoisotopic (exact) mass is 211 g/mol. The molecular formula is C13H25NO. The van der Waals surface area contributed by atoms with E-state index >= 15 is 0 Å². The van der Waals surface area contributed by atoms with E-state index in [9.17, 15) is 4.79 Å². The molecule has 1 saturated heterocycles. The van der Waals surface area contributed by atoms with Gasteiger partial charge < -0.3 is 4.90 Å². The number of rotatable bonds is 5. The third-order valence-electron chi connectivity index (χ3n) is 3.15. The van der Waals surface area contributed by atoms with Crippen molar-refractivity contribution in [2.75, 3.05) is 13.1 Å². The lowest BCUT2D eigenvalue weighted by atomic mass is 9.92. The van der Waals surface area contributed by atoms with Crippen LogP contribution in [0.15, 0.2) is 0 Å². The lowest BCUT2D eigenvalue weighted by molar-refractivity contribution is -0.135. The fourth-order valence-electron chi connectivity index (χ4n) is 2.34.